The first-order valence-corrected chi connectivity index (χ1v) is 8.01. The number of thiophene rings is 1. The summed E-state index contributed by atoms with van der Waals surface area (Å²) in [5.74, 6) is -1.18. The Balaban J connectivity index is 2.19. The minimum absolute atomic E-state index is 0.144. The fourth-order valence-electron chi connectivity index (χ4n) is 2.14. The molecule has 8 heteroatoms. The molecule has 2 rings (SSSR count). The molecule has 3 N–H and O–H groups in total. The standard InChI is InChI=1S/C10H14N2O4S2/c11-18(15,16)6-4-12-3-1-8-7(2-5-17-8)9(12)10(13)14/h2,5,9H,1,3-4,6H2,(H,13,14)(H2,11,15,16). The number of hydrogen-bond acceptors (Lipinski definition) is 5. The topological polar surface area (TPSA) is 101 Å². The Labute approximate surface area is 109 Å². The molecular formula is C10H14N2O4S2. The van der Waals surface area contributed by atoms with E-state index in [1.54, 1.807) is 11.0 Å². The maximum atomic E-state index is 11.3. The lowest BCUT2D eigenvalue weighted by Gasteiger charge is -2.32. The maximum absolute atomic E-state index is 11.3. The summed E-state index contributed by atoms with van der Waals surface area (Å²) in [7, 11) is -3.57. The van der Waals surface area contributed by atoms with Crippen molar-refractivity contribution < 1.29 is 18.3 Å². The summed E-state index contributed by atoms with van der Waals surface area (Å²) in [6.45, 7) is 0.686. The highest BCUT2D eigenvalue weighted by Gasteiger charge is 2.33. The van der Waals surface area contributed by atoms with Gasteiger partial charge in [-0.2, -0.15) is 0 Å². The van der Waals surface area contributed by atoms with Crippen molar-refractivity contribution in [2.45, 2.75) is 12.5 Å². The number of carboxylic acids is 1. The third-order valence-electron chi connectivity index (χ3n) is 2.96. The van der Waals surface area contributed by atoms with E-state index < -0.39 is 22.0 Å². The van der Waals surface area contributed by atoms with E-state index in [9.17, 15) is 18.3 Å². The van der Waals surface area contributed by atoms with Crippen LogP contribution in [0.2, 0.25) is 0 Å². The number of carbonyl (C=O) groups is 1. The van der Waals surface area contributed by atoms with Crippen molar-refractivity contribution in [3.8, 4) is 0 Å². The lowest BCUT2D eigenvalue weighted by atomic mass is 10.0. The van der Waals surface area contributed by atoms with Crippen molar-refractivity contribution in [1.29, 1.82) is 0 Å². The van der Waals surface area contributed by atoms with Crippen molar-refractivity contribution in [2.24, 2.45) is 5.14 Å². The largest absolute Gasteiger partial charge is 0.480 e. The Bertz CT molecular complexity index is 552. The van der Waals surface area contributed by atoms with Gasteiger partial charge in [-0.15, -0.1) is 11.3 Å². The zero-order valence-electron chi connectivity index (χ0n) is 9.57. The van der Waals surface area contributed by atoms with Crippen LogP contribution in [0.4, 0.5) is 0 Å². The summed E-state index contributed by atoms with van der Waals surface area (Å²) in [5.41, 5.74) is 0.771. The van der Waals surface area contributed by atoms with Crippen molar-refractivity contribution in [3.63, 3.8) is 0 Å². The third-order valence-corrected chi connectivity index (χ3v) is 4.71. The minimum atomic E-state index is -3.57. The molecule has 0 saturated carbocycles. The van der Waals surface area contributed by atoms with Gasteiger partial charge in [0.15, 0.2) is 0 Å². The SMILES string of the molecule is NS(=O)(=O)CCN1CCc2sccc2C1C(=O)O. The van der Waals surface area contributed by atoms with E-state index in [-0.39, 0.29) is 12.3 Å². The van der Waals surface area contributed by atoms with Crippen molar-refractivity contribution in [2.75, 3.05) is 18.8 Å². The van der Waals surface area contributed by atoms with Gasteiger partial charge in [0.05, 0.1) is 5.75 Å². The summed E-state index contributed by atoms with van der Waals surface area (Å²) >= 11 is 1.54. The van der Waals surface area contributed by atoms with Gasteiger partial charge >= 0.3 is 5.97 Å². The fourth-order valence-corrected chi connectivity index (χ4v) is 3.54. The van der Waals surface area contributed by atoms with Crippen molar-refractivity contribution >= 4 is 27.3 Å². The summed E-state index contributed by atoms with van der Waals surface area (Å²) < 4.78 is 21.9. The molecule has 0 aliphatic carbocycles. The van der Waals surface area contributed by atoms with Gasteiger partial charge < -0.3 is 5.11 Å². The Hall–Kier alpha value is -0.960. The molecule has 0 aromatic carbocycles. The molecule has 1 aliphatic heterocycles. The van der Waals surface area contributed by atoms with E-state index in [4.69, 9.17) is 5.14 Å². The maximum Gasteiger partial charge on any atom is 0.325 e. The number of hydrogen-bond donors (Lipinski definition) is 2. The van der Waals surface area contributed by atoms with E-state index in [0.29, 0.717) is 6.54 Å². The quantitative estimate of drug-likeness (QED) is 0.814. The third kappa shape index (κ3) is 2.89. The summed E-state index contributed by atoms with van der Waals surface area (Å²) in [6, 6.07) is 1.03. The van der Waals surface area contributed by atoms with Crippen molar-refractivity contribution in [3.05, 3.63) is 21.9 Å². The van der Waals surface area contributed by atoms with Gasteiger partial charge in [0.1, 0.15) is 6.04 Å². The Morgan fingerprint density at radius 3 is 2.94 bits per heavy atom. The number of nitrogens with two attached hydrogens (primary N) is 1. The first-order chi connectivity index (χ1) is 8.38. The number of carboxylic acid groups (broad SMARTS) is 1. The van der Waals surface area contributed by atoms with Crippen LogP contribution in [-0.4, -0.2) is 43.2 Å². The minimum Gasteiger partial charge on any atom is -0.480 e. The van der Waals surface area contributed by atoms with Crippen LogP contribution >= 0.6 is 11.3 Å². The van der Waals surface area contributed by atoms with Gasteiger partial charge in [0.2, 0.25) is 10.0 Å². The summed E-state index contributed by atoms with van der Waals surface area (Å²) in [5, 5.41) is 16.1. The molecule has 0 spiro atoms. The lowest BCUT2D eigenvalue weighted by molar-refractivity contribution is -0.143. The molecule has 2 heterocycles. The Morgan fingerprint density at radius 2 is 2.33 bits per heavy atom. The van der Waals surface area contributed by atoms with E-state index in [1.165, 1.54) is 11.3 Å². The van der Waals surface area contributed by atoms with Crippen LogP contribution in [0, 0.1) is 0 Å². The lowest BCUT2D eigenvalue weighted by Crippen LogP contribution is -2.42. The molecule has 1 unspecified atom stereocenters. The molecule has 1 atom stereocenters. The molecule has 0 fully saturated rings. The van der Waals surface area contributed by atoms with E-state index >= 15 is 0 Å². The highest BCUT2D eigenvalue weighted by molar-refractivity contribution is 7.89. The predicted molar refractivity (Wildman–Crippen MR) is 67.9 cm³/mol. The number of sulfonamides is 1. The molecule has 0 radical (unpaired) electrons. The second-order valence-electron chi connectivity index (χ2n) is 4.19. The molecule has 1 aliphatic rings. The fraction of sp³-hybridized carbons (Fsp3) is 0.500. The monoisotopic (exact) mass is 290 g/mol. The van der Waals surface area contributed by atoms with Gasteiger partial charge in [-0.1, -0.05) is 0 Å². The van der Waals surface area contributed by atoms with E-state index in [0.717, 1.165) is 16.9 Å². The van der Waals surface area contributed by atoms with Crippen LogP contribution in [0.25, 0.3) is 0 Å². The van der Waals surface area contributed by atoms with Crippen LogP contribution < -0.4 is 5.14 Å². The molecule has 6 nitrogen and oxygen atoms in total. The Kier molecular flexibility index (Phi) is 3.71. The van der Waals surface area contributed by atoms with Crippen LogP contribution in [0.3, 0.4) is 0 Å². The second-order valence-corrected chi connectivity index (χ2v) is 6.93. The normalized spacial score (nSPS) is 20.6. The van der Waals surface area contributed by atoms with E-state index in [2.05, 4.69) is 0 Å². The molecule has 18 heavy (non-hydrogen) atoms. The molecule has 0 bridgehead atoms. The van der Waals surface area contributed by atoms with Gasteiger partial charge in [-0.05, 0) is 23.4 Å². The molecule has 1 aromatic rings. The summed E-state index contributed by atoms with van der Waals surface area (Å²) in [4.78, 5) is 14.1. The first kappa shape index (κ1) is 13.5. The average molecular weight is 290 g/mol. The molecule has 0 amide bonds. The zero-order chi connectivity index (χ0) is 13.3. The number of rotatable bonds is 4. The van der Waals surface area contributed by atoms with Gasteiger partial charge in [-0.25, -0.2) is 13.6 Å². The second kappa shape index (κ2) is 4.96. The van der Waals surface area contributed by atoms with Crippen LogP contribution in [-0.2, 0) is 21.2 Å². The number of nitrogens with zero attached hydrogens (tertiary/aromatic N) is 1. The highest BCUT2D eigenvalue weighted by atomic mass is 32.2. The van der Waals surface area contributed by atoms with Crippen LogP contribution in [0.1, 0.15) is 16.5 Å². The summed E-state index contributed by atoms with van der Waals surface area (Å²) in [6.07, 6.45) is 0.751. The number of fused-ring (bicyclic) bond motifs is 1. The number of aliphatic carboxylic acids is 1. The first-order valence-electron chi connectivity index (χ1n) is 5.42. The average Bonchev–Trinajstić information content (AvgIpc) is 2.71. The van der Waals surface area contributed by atoms with Crippen LogP contribution in [0.5, 0.6) is 0 Å². The molecule has 1 aromatic heterocycles. The number of primary sulfonamides is 1. The smallest absolute Gasteiger partial charge is 0.325 e. The predicted octanol–water partition coefficient (Wildman–Crippen LogP) is 0.0204. The zero-order valence-corrected chi connectivity index (χ0v) is 11.2. The van der Waals surface area contributed by atoms with E-state index in [1.807, 2.05) is 5.38 Å². The molecule has 100 valence electrons. The molecule has 0 saturated heterocycles. The van der Waals surface area contributed by atoms with Gasteiger partial charge in [-0.3, -0.25) is 9.69 Å². The van der Waals surface area contributed by atoms with Crippen molar-refractivity contribution in [1.82, 2.24) is 4.90 Å². The van der Waals surface area contributed by atoms with Gasteiger partial charge in [0, 0.05) is 18.0 Å². The highest BCUT2D eigenvalue weighted by Crippen LogP contribution is 2.33. The van der Waals surface area contributed by atoms with Gasteiger partial charge in [0.25, 0.3) is 0 Å². The van der Waals surface area contributed by atoms with Crippen LogP contribution in [0.15, 0.2) is 11.4 Å². The molecular weight excluding hydrogens is 276 g/mol. The Morgan fingerprint density at radius 1 is 1.61 bits per heavy atom.